The van der Waals surface area contributed by atoms with Crippen LogP contribution in [0, 0.1) is 29.1 Å². The molecule has 1 saturated heterocycles. The predicted octanol–water partition coefficient (Wildman–Crippen LogP) is 3.03. The number of amides is 1. The van der Waals surface area contributed by atoms with Crippen LogP contribution in [-0.2, 0) is 9.59 Å². The number of ketones is 1. The second kappa shape index (κ2) is 4.82. The van der Waals surface area contributed by atoms with E-state index in [1.807, 2.05) is 0 Å². The maximum Gasteiger partial charge on any atom is 0.228 e. The highest BCUT2D eigenvalue weighted by Gasteiger charge is 2.55. The number of rotatable bonds is 2. The van der Waals surface area contributed by atoms with Gasteiger partial charge in [0.1, 0.15) is 5.78 Å². The minimum atomic E-state index is -0.0343. The van der Waals surface area contributed by atoms with Gasteiger partial charge in [-0.25, -0.2) is 0 Å². The average Bonchev–Trinajstić information content (AvgIpc) is 2.45. The highest BCUT2D eigenvalue weighted by molar-refractivity contribution is 5.88. The van der Waals surface area contributed by atoms with E-state index in [-0.39, 0.29) is 11.3 Å². The SMILES string of the molecule is CCC1CN(C(=O)C23CC4CC(CC(C4)C2)C3)CCC1=O. The summed E-state index contributed by atoms with van der Waals surface area (Å²) in [5, 5.41) is 0. The molecule has 0 N–H and O–H groups in total. The molecule has 0 aromatic heterocycles. The Morgan fingerprint density at radius 1 is 1.14 bits per heavy atom. The number of piperidine rings is 1. The fourth-order valence-corrected chi connectivity index (χ4v) is 6.16. The Hall–Kier alpha value is -0.860. The highest BCUT2D eigenvalue weighted by atomic mass is 16.2. The number of carbonyl (C=O) groups is 2. The van der Waals surface area contributed by atoms with Crippen LogP contribution < -0.4 is 0 Å². The van der Waals surface area contributed by atoms with Crippen LogP contribution in [0.4, 0.5) is 0 Å². The van der Waals surface area contributed by atoms with Gasteiger partial charge in [-0.15, -0.1) is 0 Å². The summed E-state index contributed by atoms with van der Waals surface area (Å²) in [6, 6.07) is 0. The maximum absolute atomic E-state index is 13.2. The van der Waals surface area contributed by atoms with Gasteiger partial charge in [-0.2, -0.15) is 0 Å². The molecule has 3 nitrogen and oxygen atoms in total. The normalized spacial score (nSPS) is 45.2. The molecule has 0 aromatic rings. The van der Waals surface area contributed by atoms with Crippen molar-refractivity contribution in [1.82, 2.24) is 4.90 Å². The molecule has 1 amide bonds. The zero-order chi connectivity index (χ0) is 14.6. The first-order valence-electron chi connectivity index (χ1n) is 8.92. The van der Waals surface area contributed by atoms with Crippen molar-refractivity contribution in [1.29, 1.82) is 0 Å². The van der Waals surface area contributed by atoms with Gasteiger partial charge in [-0.3, -0.25) is 9.59 Å². The molecule has 0 radical (unpaired) electrons. The monoisotopic (exact) mass is 289 g/mol. The van der Waals surface area contributed by atoms with E-state index in [2.05, 4.69) is 11.8 Å². The first kappa shape index (κ1) is 13.8. The largest absolute Gasteiger partial charge is 0.341 e. The quantitative estimate of drug-likeness (QED) is 0.783. The van der Waals surface area contributed by atoms with Gasteiger partial charge in [0.25, 0.3) is 0 Å². The van der Waals surface area contributed by atoms with Crippen molar-refractivity contribution in [2.24, 2.45) is 29.1 Å². The molecule has 5 fully saturated rings. The molecule has 4 bridgehead atoms. The lowest BCUT2D eigenvalue weighted by atomic mass is 9.49. The number of Topliss-reactive ketones (excluding diaryl/α,β-unsaturated/α-hetero) is 1. The van der Waals surface area contributed by atoms with Crippen LogP contribution in [0.2, 0.25) is 0 Å². The van der Waals surface area contributed by atoms with Crippen molar-refractivity contribution in [3.63, 3.8) is 0 Å². The summed E-state index contributed by atoms with van der Waals surface area (Å²) in [5.41, 5.74) is -0.0343. The van der Waals surface area contributed by atoms with Crippen molar-refractivity contribution in [2.75, 3.05) is 13.1 Å². The lowest BCUT2D eigenvalue weighted by molar-refractivity contribution is -0.160. The zero-order valence-electron chi connectivity index (χ0n) is 13.1. The van der Waals surface area contributed by atoms with Crippen molar-refractivity contribution >= 4 is 11.7 Å². The molecule has 5 rings (SSSR count). The van der Waals surface area contributed by atoms with E-state index >= 15 is 0 Å². The van der Waals surface area contributed by atoms with Gasteiger partial charge in [0, 0.05) is 25.4 Å². The summed E-state index contributed by atoms with van der Waals surface area (Å²) in [4.78, 5) is 27.2. The van der Waals surface area contributed by atoms with Gasteiger partial charge in [0.15, 0.2) is 0 Å². The zero-order valence-corrected chi connectivity index (χ0v) is 13.1. The molecule has 21 heavy (non-hydrogen) atoms. The van der Waals surface area contributed by atoms with Gasteiger partial charge < -0.3 is 4.90 Å². The second-order valence-electron chi connectivity index (χ2n) is 8.27. The first-order valence-corrected chi connectivity index (χ1v) is 8.92. The van der Waals surface area contributed by atoms with E-state index in [0.717, 1.165) is 43.4 Å². The molecule has 4 aliphatic carbocycles. The first-order chi connectivity index (χ1) is 10.1. The summed E-state index contributed by atoms with van der Waals surface area (Å²) in [6.07, 6.45) is 9.01. The lowest BCUT2D eigenvalue weighted by Crippen LogP contribution is -2.56. The average molecular weight is 289 g/mol. The Morgan fingerprint density at radius 2 is 1.71 bits per heavy atom. The molecule has 5 aliphatic rings. The maximum atomic E-state index is 13.2. The van der Waals surface area contributed by atoms with Crippen LogP contribution in [0.3, 0.4) is 0 Å². The van der Waals surface area contributed by atoms with Crippen molar-refractivity contribution in [3.05, 3.63) is 0 Å². The summed E-state index contributed by atoms with van der Waals surface area (Å²) in [5.74, 6) is 3.31. The molecule has 1 unspecified atom stereocenters. The smallest absolute Gasteiger partial charge is 0.228 e. The predicted molar refractivity (Wildman–Crippen MR) is 80.6 cm³/mol. The summed E-state index contributed by atoms with van der Waals surface area (Å²) < 4.78 is 0. The third-order valence-electron chi connectivity index (χ3n) is 6.80. The van der Waals surface area contributed by atoms with Crippen LogP contribution >= 0.6 is 0 Å². The summed E-state index contributed by atoms with van der Waals surface area (Å²) in [6.45, 7) is 3.44. The number of carbonyl (C=O) groups excluding carboxylic acids is 2. The lowest BCUT2D eigenvalue weighted by Gasteiger charge is -2.57. The number of likely N-dealkylation sites (tertiary alicyclic amines) is 1. The Morgan fingerprint density at radius 3 is 2.24 bits per heavy atom. The van der Waals surface area contributed by atoms with Gasteiger partial charge in [-0.1, -0.05) is 6.92 Å². The van der Waals surface area contributed by atoms with Crippen LogP contribution in [-0.4, -0.2) is 29.7 Å². The topological polar surface area (TPSA) is 37.4 Å². The molecule has 116 valence electrons. The molecular formula is C18H27NO2. The summed E-state index contributed by atoms with van der Waals surface area (Å²) in [7, 11) is 0. The van der Waals surface area contributed by atoms with Crippen molar-refractivity contribution < 1.29 is 9.59 Å². The van der Waals surface area contributed by atoms with E-state index < -0.39 is 0 Å². The third kappa shape index (κ3) is 2.15. The standard InChI is InChI=1S/C18H27NO2/c1-2-15-11-19(4-3-16(15)20)17(21)18-8-12-5-13(9-18)7-14(6-12)10-18/h12-15H,2-11H2,1H3. The molecule has 0 spiro atoms. The highest BCUT2D eigenvalue weighted by Crippen LogP contribution is 2.60. The minimum absolute atomic E-state index is 0.0343. The van der Waals surface area contributed by atoms with Crippen LogP contribution in [0.15, 0.2) is 0 Å². The molecular weight excluding hydrogens is 262 g/mol. The molecule has 3 heteroatoms. The Balaban J connectivity index is 1.53. The van der Waals surface area contributed by atoms with Crippen molar-refractivity contribution in [3.8, 4) is 0 Å². The van der Waals surface area contributed by atoms with E-state index in [4.69, 9.17) is 0 Å². The van der Waals surface area contributed by atoms with E-state index in [1.54, 1.807) is 0 Å². The number of hydrogen-bond donors (Lipinski definition) is 0. The van der Waals surface area contributed by atoms with Crippen LogP contribution in [0.1, 0.15) is 58.3 Å². The number of hydrogen-bond acceptors (Lipinski definition) is 2. The number of nitrogens with zero attached hydrogens (tertiary/aromatic N) is 1. The molecule has 1 heterocycles. The Bertz CT molecular complexity index is 435. The van der Waals surface area contributed by atoms with Gasteiger partial charge in [0.2, 0.25) is 5.91 Å². The van der Waals surface area contributed by atoms with Crippen molar-refractivity contribution in [2.45, 2.75) is 58.3 Å². The Kier molecular flexibility index (Phi) is 3.16. The van der Waals surface area contributed by atoms with E-state index in [9.17, 15) is 9.59 Å². The molecule has 1 aliphatic heterocycles. The van der Waals surface area contributed by atoms with Gasteiger partial charge >= 0.3 is 0 Å². The third-order valence-corrected chi connectivity index (χ3v) is 6.80. The van der Waals surface area contributed by atoms with Gasteiger partial charge in [-0.05, 0) is 62.7 Å². The second-order valence-corrected chi connectivity index (χ2v) is 8.27. The fourth-order valence-electron chi connectivity index (χ4n) is 6.16. The van der Waals surface area contributed by atoms with E-state index in [0.29, 0.717) is 31.2 Å². The van der Waals surface area contributed by atoms with Crippen LogP contribution in [0.25, 0.3) is 0 Å². The van der Waals surface area contributed by atoms with Gasteiger partial charge in [0.05, 0.1) is 5.41 Å². The van der Waals surface area contributed by atoms with Crippen LogP contribution in [0.5, 0.6) is 0 Å². The molecule has 1 atom stereocenters. The molecule has 4 saturated carbocycles. The fraction of sp³-hybridized carbons (Fsp3) is 0.889. The van der Waals surface area contributed by atoms with E-state index in [1.165, 1.54) is 19.3 Å². The Labute approximate surface area is 127 Å². The minimum Gasteiger partial charge on any atom is -0.341 e. The molecule has 0 aromatic carbocycles. The summed E-state index contributed by atoms with van der Waals surface area (Å²) >= 11 is 0.